The van der Waals surface area contributed by atoms with Gasteiger partial charge in [-0.05, 0) is 13.6 Å². The highest BCUT2D eigenvalue weighted by molar-refractivity contribution is 5.89. The fraction of sp³-hybridized carbons (Fsp3) is 0.375. The summed E-state index contributed by atoms with van der Waals surface area (Å²) in [5.41, 5.74) is 12.4. The van der Waals surface area contributed by atoms with Crippen LogP contribution in [-0.2, 0) is 4.74 Å². The van der Waals surface area contributed by atoms with Gasteiger partial charge in [0.05, 0.1) is 11.4 Å². The molecule has 0 aliphatic heterocycles. The quantitative estimate of drug-likeness (QED) is 0.523. The molecule has 1 rings (SSSR count). The summed E-state index contributed by atoms with van der Waals surface area (Å²) in [5, 5.41) is 4.08. The number of ether oxygens (including phenoxy) is 1. The van der Waals surface area contributed by atoms with Gasteiger partial charge in [-0.15, -0.1) is 0 Å². The lowest BCUT2D eigenvalue weighted by atomic mass is 10.4. The molecular weight excluding hydrogens is 196 g/mol. The van der Waals surface area contributed by atoms with Gasteiger partial charge in [0.15, 0.2) is 5.82 Å². The Bertz CT molecular complexity index is 394. The lowest BCUT2D eigenvalue weighted by Crippen LogP contribution is -2.15. The van der Waals surface area contributed by atoms with Gasteiger partial charge in [-0.1, -0.05) is 0 Å². The van der Waals surface area contributed by atoms with Crippen molar-refractivity contribution in [3.63, 3.8) is 0 Å². The van der Waals surface area contributed by atoms with Gasteiger partial charge >= 0.3 is 0 Å². The Morgan fingerprint density at radius 3 is 2.67 bits per heavy atom. The Kier molecular flexibility index (Phi) is 3.40. The second kappa shape index (κ2) is 4.56. The van der Waals surface area contributed by atoms with E-state index in [2.05, 4.69) is 21.8 Å². The standard InChI is InChI=1S/C8H14N6O/c1-5-6(9)7(10)14(13-5)8(11-2)12-4-15-3/h2,4,9-10H2,1,3H3. The molecule has 0 aliphatic rings. The van der Waals surface area contributed by atoms with Crippen molar-refractivity contribution in [3.8, 4) is 0 Å². The van der Waals surface area contributed by atoms with Gasteiger partial charge in [-0.3, -0.25) is 0 Å². The number of aryl methyl sites for hydroxylation is 1. The van der Waals surface area contributed by atoms with Gasteiger partial charge in [-0.25, -0.2) is 9.98 Å². The topological polar surface area (TPSA) is 104 Å². The average Bonchev–Trinajstić information content (AvgIpc) is 2.48. The van der Waals surface area contributed by atoms with Crippen molar-refractivity contribution in [3.05, 3.63) is 5.69 Å². The molecule has 1 heterocycles. The van der Waals surface area contributed by atoms with Crippen LogP contribution >= 0.6 is 0 Å². The monoisotopic (exact) mass is 210 g/mol. The molecule has 1 aromatic heterocycles. The molecule has 15 heavy (non-hydrogen) atoms. The molecule has 0 saturated heterocycles. The summed E-state index contributed by atoms with van der Waals surface area (Å²) in [4.78, 5) is 7.67. The third-order valence-corrected chi connectivity index (χ3v) is 1.81. The zero-order valence-electron chi connectivity index (χ0n) is 8.77. The van der Waals surface area contributed by atoms with E-state index in [1.807, 2.05) is 0 Å². The SMILES string of the molecule is C=NC(=NCOC)n1nc(C)c(N)c1N. The van der Waals surface area contributed by atoms with Crippen molar-refractivity contribution in [1.29, 1.82) is 0 Å². The fourth-order valence-electron chi connectivity index (χ4n) is 1.02. The third-order valence-electron chi connectivity index (χ3n) is 1.81. The molecule has 82 valence electrons. The molecule has 0 amide bonds. The molecule has 0 unspecified atom stereocenters. The second-order valence-electron chi connectivity index (χ2n) is 2.83. The number of anilines is 2. The number of hydrogen-bond acceptors (Lipinski definition) is 5. The first-order valence-corrected chi connectivity index (χ1v) is 4.22. The Labute approximate surface area is 87.4 Å². The summed E-state index contributed by atoms with van der Waals surface area (Å²) in [6.07, 6.45) is 0. The minimum absolute atomic E-state index is 0.159. The zero-order chi connectivity index (χ0) is 11.4. The number of nitrogens with two attached hydrogens (primary N) is 2. The molecule has 0 spiro atoms. The lowest BCUT2D eigenvalue weighted by Gasteiger charge is -2.02. The third kappa shape index (κ3) is 2.13. The molecule has 0 radical (unpaired) electrons. The van der Waals surface area contributed by atoms with Crippen LogP contribution in [0.1, 0.15) is 5.69 Å². The van der Waals surface area contributed by atoms with Crippen molar-refractivity contribution in [2.45, 2.75) is 6.92 Å². The number of rotatable bonds is 2. The number of methoxy groups -OCH3 is 1. The highest BCUT2D eigenvalue weighted by Gasteiger charge is 2.12. The summed E-state index contributed by atoms with van der Waals surface area (Å²) in [7, 11) is 1.52. The van der Waals surface area contributed by atoms with Gasteiger partial charge in [0.2, 0.25) is 5.96 Å². The Morgan fingerprint density at radius 1 is 1.60 bits per heavy atom. The van der Waals surface area contributed by atoms with Gasteiger partial charge in [0.1, 0.15) is 6.73 Å². The summed E-state index contributed by atoms with van der Waals surface area (Å²) in [5.74, 6) is 0.559. The van der Waals surface area contributed by atoms with Gasteiger partial charge in [-0.2, -0.15) is 9.78 Å². The van der Waals surface area contributed by atoms with Crippen LogP contribution in [0.2, 0.25) is 0 Å². The average molecular weight is 210 g/mol. The van der Waals surface area contributed by atoms with E-state index < -0.39 is 0 Å². The van der Waals surface area contributed by atoms with E-state index in [0.29, 0.717) is 17.2 Å². The zero-order valence-corrected chi connectivity index (χ0v) is 8.77. The molecule has 1 aromatic rings. The van der Waals surface area contributed by atoms with Crippen molar-refractivity contribution >= 4 is 24.2 Å². The smallest absolute Gasteiger partial charge is 0.249 e. The van der Waals surface area contributed by atoms with E-state index >= 15 is 0 Å². The van der Waals surface area contributed by atoms with Gasteiger partial charge < -0.3 is 16.2 Å². The van der Waals surface area contributed by atoms with Crippen LogP contribution in [-0.4, -0.2) is 36.3 Å². The predicted octanol–water partition coefficient (Wildman–Crippen LogP) is -0.135. The van der Waals surface area contributed by atoms with Crippen molar-refractivity contribution in [2.75, 3.05) is 25.3 Å². The number of hydrogen-bond donors (Lipinski definition) is 2. The number of aromatic nitrogens is 2. The highest BCUT2D eigenvalue weighted by atomic mass is 16.5. The van der Waals surface area contributed by atoms with E-state index in [9.17, 15) is 0 Å². The molecule has 0 aliphatic carbocycles. The first-order valence-electron chi connectivity index (χ1n) is 4.22. The van der Waals surface area contributed by atoms with Crippen LogP contribution in [0.3, 0.4) is 0 Å². The Balaban J connectivity index is 3.13. The van der Waals surface area contributed by atoms with E-state index in [1.54, 1.807) is 6.92 Å². The maximum Gasteiger partial charge on any atom is 0.249 e. The molecule has 0 atom stereocenters. The van der Waals surface area contributed by atoms with E-state index in [1.165, 1.54) is 11.8 Å². The van der Waals surface area contributed by atoms with Gasteiger partial charge in [0, 0.05) is 7.11 Å². The molecule has 0 aromatic carbocycles. The summed E-state index contributed by atoms with van der Waals surface area (Å²) < 4.78 is 6.11. The molecular formula is C8H14N6O. The number of nitrogen functional groups attached to an aromatic ring is 2. The van der Waals surface area contributed by atoms with Crippen molar-refractivity contribution < 1.29 is 4.74 Å². The Hall–Kier alpha value is -1.89. The first kappa shape index (κ1) is 11.2. The van der Waals surface area contributed by atoms with Crippen molar-refractivity contribution in [2.24, 2.45) is 9.98 Å². The molecule has 7 nitrogen and oxygen atoms in total. The molecule has 0 saturated carbocycles. The van der Waals surface area contributed by atoms with E-state index in [-0.39, 0.29) is 12.7 Å². The lowest BCUT2D eigenvalue weighted by molar-refractivity contribution is 0.208. The molecule has 0 bridgehead atoms. The first-order chi connectivity index (χ1) is 7.11. The maximum atomic E-state index is 5.72. The largest absolute Gasteiger partial charge is 0.394 e. The number of aliphatic imine (C=N–C) groups is 2. The van der Waals surface area contributed by atoms with Crippen LogP contribution in [0.4, 0.5) is 11.5 Å². The molecule has 0 fully saturated rings. The normalized spacial score (nSPS) is 11.7. The van der Waals surface area contributed by atoms with Crippen LogP contribution in [0.5, 0.6) is 0 Å². The summed E-state index contributed by atoms with van der Waals surface area (Å²) in [6, 6.07) is 0. The van der Waals surface area contributed by atoms with Crippen LogP contribution in [0, 0.1) is 6.92 Å². The summed E-state index contributed by atoms with van der Waals surface area (Å²) >= 11 is 0. The van der Waals surface area contributed by atoms with Gasteiger partial charge in [0.25, 0.3) is 0 Å². The molecule has 7 heteroatoms. The van der Waals surface area contributed by atoms with Crippen molar-refractivity contribution in [1.82, 2.24) is 9.78 Å². The molecule has 4 N–H and O–H groups in total. The number of nitrogens with zero attached hydrogens (tertiary/aromatic N) is 4. The summed E-state index contributed by atoms with van der Waals surface area (Å²) in [6.45, 7) is 5.29. The highest BCUT2D eigenvalue weighted by Crippen LogP contribution is 2.18. The maximum absolute atomic E-state index is 5.72. The van der Waals surface area contributed by atoms with E-state index in [0.717, 1.165) is 0 Å². The predicted molar refractivity (Wildman–Crippen MR) is 60.0 cm³/mol. The van der Waals surface area contributed by atoms with Crippen LogP contribution in [0.25, 0.3) is 0 Å². The Morgan fingerprint density at radius 2 is 2.27 bits per heavy atom. The minimum Gasteiger partial charge on any atom is -0.394 e. The fourth-order valence-corrected chi connectivity index (χ4v) is 1.02. The minimum atomic E-state index is 0.159. The van der Waals surface area contributed by atoms with Crippen LogP contribution in [0.15, 0.2) is 9.98 Å². The van der Waals surface area contributed by atoms with E-state index in [4.69, 9.17) is 16.2 Å². The second-order valence-corrected chi connectivity index (χ2v) is 2.83. The van der Waals surface area contributed by atoms with Crippen LogP contribution < -0.4 is 11.5 Å².